The van der Waals surface area contributed by atoms with Crippen LogP contribution < -0.4 is 10.6 Å². The van der Waals surface area contributed by atoms with Gasteiger partial charge < -0.3 is 15.2 Å². The molecule has 1 aromatic heterocycles. The molecule has 0 saturated heterocycles. The summed E-state index contributed by atoms with van der Waals surface area (Å²) in [5.74, 6) is 1.55. The van der Waals surface area contributed by atoms with Crippen LogP contribution >= 0.6 is 23.4 Å². The van der Waals surface area contributed by atoms with Gasteiger partial charge in [-0.25, -0.2) is 9.78 Å². The number of rotatable bonds is 7. The summed E-state index contributed by atoms with van der Waals surface area (Å²) in [6.07, 6.45) is 3.57. The summed E-state index contributed by atoms with van der Waals surface area (Å²) in [6, 6.07) is 16.9. The molecule has 3 rings (SSSR count). The number of benzene rings is 2. The van der Waals surface area contributed by atoms with Crippen molar-refractivity contribution in [2.75, 3.05) is 12.3 Å². The molecule has 0 bridgehead atoms. The van der Waals surface area contributed by atoms with Gasteiger partial charge in [0.05, 0.1) is 0 Å². The molecule has 5 nitrogen and oxygen atoms in total. The number of imidazole rings is 1. The molecule has 3 aromatic rings. The standard InChI is InChI=1S/C20H21ClN4OS/c1-25-13-11-22-19(25)18(15-7-9-16(21)10-8-15)24-20(26)23-12-14-27-17-5-3-2-4-6-17/h2-11,13,18H,12,14H2,1H3,(H2,23,24,26)/t18-/m0/s1. The molecule has 0 aliphatic carbocycles. The minimum Gasteiger partial charge on any atom is -0.337 e. The van der Waals surface area contributed by atoms with E-state index in [0.717, 1.165) is 17.1 Å². The summed E-state index contributed by atoms with van der Waals surface area (Å²) >= 11 is 7.70. The lowest BCUT2D eigenvalue weighted by atomic mass is 10.1. The van der Waals surface area contributed by atoms with Crippen LogP contribution in [0.3, 0.4) is 0 Å². The SMILES string of the molecule is Cn1ccnc1[C@@H](NC(=O)NCCSc1ccccc1)c1ccc(Cl)cc1. The normalized spacial score (nSPS) is 11.8. The summed E-state index contributed by atoms with van der Waals surface area (Å²) in [4.78, 5) is 18.0. The Hall–Kier alpha value is -2.44. The number of thioether (sulfide) groups is 1. The fourth-order valence-electron chi connectivity index (χ4n) is 2.64. The second-order valence-corrected chi connectivity index (χ2v) is 7.55. The van der Waals surface area contributed by atoms with E-state index in [0.29, 0.717) is 11.6 Å². The fraction of sp³-hybridized carbons (Fsp3) is 0.200. The highest BCUT2D eigenvalue weighted by Gasteiger charge is 2.20. The van der Waals surface area contributed by atoms with Gasteiger partial charge in [0.25, 0.3) is 0 Å². The second-order valence-electron chi connectivity index (χ2n) is 5.94. The van der Waals surface area contributed by atoms with E-state index < -0.39 is 0 Å². The quantitative estimate of drug-likeness (QED) is 0.460. The van der Waals surface area contributed by atoms with Gasteiger partial charge in [-0.2, -0.15) is 0 Å². The molecule has 140 valence electrons. The number of nitrogens with one attached hydrogen (secondary N) is 2. The maximum Gasteiger partial charge on any atom is 0.315 e. The van der Waals surface area contributed by atoms with Crippen LogP contribution in [0.2, 0.25) is 5.02 Å². The Bertz CT molecular complexity index is 867. The van der Waals surface area contributed by atoms with Crippen LogP contribution in [0.5, 0.6) is 0 Å². The van der Waals surface area contributed by atoms with E-state index in [2.05, 4.69) is 27.8 Å². The van der Waals surface area contributed by atoms with E-state index in [1.807, 2.05) is 60.3 Å². The topological polar surface area (TPSA) is 59.0 Å². The van der Waals surface area contributed by atoms with Crippen LogP contribution in [0.15, 0.2) is 71.9 Å². The lowest BCUT2D eigenvalue weighted by Gasteiger charge is -2.19. The fourth-order valence-corrected chi connectivity index (χ4v) is 3.56. The largest absolute Gasteiger partial charge is 0.337 e. The van der Waals surface area contributed by atoms with Crippen LogP contribution in [0.4, 0.5) is 4.79 Å². The van der Waals surface area contributed by atoms with Gasteiger partial charge in [0, 0.05) is 41.7 Å². The third-order valence-electron chi connectivity index (χ3n) is 3.99. The van der Waals surface area contributed by atoms with Crippen LogP contribution in [0.1, 0.15) is 17.4 Å². The van der Waals surface area contributed by atoms with Crippen LogP contribution in [0.25, 0.3) is 0 Å². The number of hydrogen-bond donors (Lipinski definition) is 2. The van der Waals surface area contributed by atoms with Gasteiger partial charge in [-0.1, -0.05) is 41.9 Å². The van der Waals surface area contributed by atoms with Gasteiger partial charge in [-0.05, 0) is 29.8 Å². The molecular weight excluding hydrogens is 380 g/mol. The first kappa shape index (κ1) is 19.3. The highest BCUT2D eigenvalue weighted by atomic mass is 35.5. The van der Waals surface area contributed by atoms with Crippen molar-refractivity contribution in [3.05, 3.63) is 83.4 Å². The molecule has 0 fully saturated rings. The van der Waals surface area contributed by atoms with Crippen molar-refractivity contribution in [2.24, 2.45) is 7.05 Å². The van der Waals surface area contributed by atoms with Crippen LogP contribution in [-0.2, 0) is 7.05 Å². The molecule has 0 aliphatic rings. The maximum absolute atomic E-state index is 12.4. The van der Waals surface area contributed by atoms with E-state index >= 15 is 0 Å². The molecule has 27 heavy (non-hydrogen) atoms. The van der Waals surface area contributed by atoms with Crippen molar-refractivity contribution in [1.29, 1.82) is 0 Å². The zero-order chi connectivity index (χ0) is 19.1. The summed E-state index contributed by atoms with van der Waals surface area (Å²) in [5.41, 5.74) is 0.919. The molecule has 0 spiro atoms. The van der Waals surface area contributed by atoms with E-state index in [1.54, 1.807) is 18.0 Å². The molecular formula is C20H21ClN4OS. The third kappa shape index (κ3) is 5.52. The van der Waals surface area contributed by atoms with Crippen molar-refractivity contribution in [2.45, 2.75) is 10.9 Å². The van der Waals surface area contributed by atoms with Crippen molar-refractivity contribution in [3.8, 4) is 0 Å². The van der Waals surface area contributed by atoms with Gasteiger partial charge in [-0.3, -0.25) is 0 Å². The smallest absolute Gasteiger partial charge is 0.315 e. The number of amides is 2. The predicted octanol–water partition coefficient (Wildman–Crippen LogP) is 4.25. The molecule has 2 aromatic carbocycles. The highest BCUT2D eigenvalue weighted by Crippen LogP contribution is 2.22. The van der Waals surface area contributed by atoms with Crippen LogP contribution in [-0.4, -0.2) is 27.9 Å². The Labute approximate surface area is 168 Å². The molecule has 7 heteroatoms. The second kappa shape index (κ2) is 9.48. The average Bonchev–Trinajstić information content (AvgIpc) is 3.11. The zero-order valence-electron chi connectivity index (χ0n) is 14.9. The van der Waals surface area contributed by atoms with E-state index in [9.17, 15) is 4.79 Å². The summed E-state index contributed by atoms with van der Waals surface area (Å²) < 4.78 is 1.89. The summed E-state index contributed by atoms with van der Waals surface area (Å²) in [6.45, 7) is 0.569. The minimum absolute atomic E-state index is 0.230. The number of hydrogen-bond acceptors (Lipinski definition) is 3. The number of aromatic nitrogens is 2. The Kier molecular flexibility index (Phi) is 6.79. The number of aryl methyl sites for hydroxylation is 1. The molecule has 0 saturated carbocycles. The highest BCUT2D eigenvalue weighted by molar-refractivity contribution is 7.99. The molecule has 2 N–H and O–H groups in total. The Morgan fingerprint density at radius 2 is 1.93 bits per heavy atom. The number of nitrogens with zero attached hydrogens (tertiary/aromatic N) is 2. The lowest BCUT2D eigenvalue weighted by molar-refractivity contribution is 0.238. The lowest BCUT2D eigenvalue weighted by Crippen LogP contribution is -2.40. The third-order valence-corrected chi connectivity index (χ3v) is 5.26. The minimum atomic E-state index is -0.357. The van der Waals surface area contributed by atoms with Gasteiger partial charge >= 0.3 is 6.03 Å². The van der Waals surface area contributed by atoms with Crippen LogP contribution in [0, 0.1) is 0 Å². The van der Waals surface area contributed by atoms with Crippen molar-refractivity contribution >= 4 is 29.4 Å². The number of halogens is 1. The summed E-state index contributed by atoms with van der Waals surface area (Å²) in [5, 5.41) is 6.57. The number of urea groups is 1. The summed E-state index contributed by atoms with van der Waals surface area (Å²) in [7, 11) is 1.90. The van der Waals surface area contributed by atoms with E-state index in [1.165, 1.54) is 4.90 Å². The van der Waals surface area contributed by atoms with E-state index in [-0.39, 0.29) is 12.1 Å². The molecule has 1 heterocycles. The molecule has 0 radical (unpaired) electrons. The van der Waals surface area contributed by atoms with Crippen molar-refractivity contribution in [1.82, 2.24) is 20.2 Å². The molecule has 0 unspecified atom stereocenters. The Balaban J connectivity index is 1.59. The van der Waals surface area contributed by atoms with Gasteiger partial charge in [0.1, 0.15) is 11.9 Å². The first-order valence-corrected chi connectivity index (χ1v) is 9.95. The Morgan fingerprint density at radius 1 is 1.19 bits per heavy atom. The first-order chi connectivity index (χ1) is 13.1. The Morgan fingerprint density at radius 3 is 2.59 bits per heavy atom. The van der Waals surface area contributed by atoms with E-state index in [4.69, 9.17) is 11.6 Å². The molecule has 1 atom stereocenters. The maximum atomic E-state index is 12.4. The number of carbonyl (C=O) groups excluding carboxylic acids is 1. The zero-order valence-corrected chi connectivity index (χ0v) is 16.5. The molecule has 2 amide bonds. The van der Waals surface area contributed by atoms with Crippen molar-refractivity contribution in [3.63, 3.8) is 0 Å². The predicted molar refractivity (Wildman–Crippen MR) is 110 cm³/mol. The van der Waals surface area contributed by atoms with Gasteiger partial charge in [0.15, 0.2) is 0 Å². The van der Waals surface area contributed by atoms with Gasteiger partial charge in [-0.15, -0.1) is 11.8 Å². The number of carbonyl (C=O) groups is 1. The average molecular weight is 401 g/mol. The van der Waals surface area contributed by atoms with Crippen molar-refractivity contribution < 1.29 is 4.79 Å². The molecule has 0 aliphatic heterocycles. The van der Waals surface area contributed by atoms with Gasteiger partial charge in [0.2, 0.25) is 0 Å². The first-order valence-electron chi connectivity index (χ1n) is 8.58. The monoisotopic (exact) mass is 400 g/mol.